The zero-order chi connectivity index (χ0) is 41.5. The van der Waals surface area contributed by atoms with E-state index in [4.69, 9.17) is 0 Å². The van der Waals surface area contributed by atoms with Crippen molar-refractivity contribution >= 4 is 45.3 Å². The van der Waals surface area contributed by atoms with Crippen molar-refractivity contribution in [2.24, 2.45) is 0 Å². The number of amides is 2. The van der Waals surface area contributed by atoms with Crippen LogP contribution >= 0.6 is 21.6 Å². The van der Waals surface area contributed by atoms with Crippen molar-refractivity contribution in [3.05, 3.63) is 0 Å². The van der Waals surface area contributed by atoms with Gasteiger partial charge >= 0.3 is 0 Å². The smallest absolute Gasteiger partial charge is 0.220 e. The molecule has 56 heavy (non-hydrogen) atoms. The first-order valence-electron chi connectivity index (χ1n) is 22.9. The Morgan fingerprint density at radius 3 is 0.821 bits per heavy atom. The van der Waals surface area contributed by atoms with E-state index in [1.165, 1.54) is 151 Å². The molecule has 2 unspecified atom stereocenters. The van der Waals surface area contributed by atoms with Gasteiger partial charge in [0.2, 0.25) is 11.8 Å². The average molecular weight is 831 g/mol. The molecule has 0 aromatic heterocycles. The molecule has 0 aliphatic carbocycles. The number of nitrogens with one attached hydrogen (secondary N) is 4. The second-order valence-electron chi connectivity index (χ2n) is 16.8. The first-order valence-corrected chi connectivity index (χ1v) is 25.3. The van der Waals surface area contributed by atoms with Crippen LogP contribution in [0.25, 0.3) is 0 Å². The molecule has 0 aliphatic heterocycles. The molecule has 4 N–H and O–H groups in total. The van der Waals surface area contributed by atoms with E-state index in [2.05, 4.69) is 38.8 Å². The van der Waals surface area contributed by atoms with Crippen LogP contribution in [0.2, 0.25) is 0 Å². The molecule has 0 radical (unpaired) electrons. The van der Waals surface area contributed by atoms with Crippen molar-refractivity contribution < 1.29 is 39.2 Å². The summed E-state index contributed by atoms with van der Waals surface area (Å²) in [7, 11) is 11.1. The highest BCUT2D eigenvalue weighted by Gasteiger charge is 2.17. The Hall–Kier alpha value is -1.50. The number of unbranched alkanes of at least 4 members (excludes halogenated alkanes) is 26. The highest BCUT2D eigenvalue weighted by molar-refractivity contribution is 8.76. The molecule has 0 heterocycles. The lowest BCUT2D eigenvalue weighted by molar-refractivity contribution is -0.858. The van der Waals surface area contributed by atoms with Gasteiger partial charge in [0.15, 0.2) is 0 Å². The van der Waals surface area contributed by atoms with E-state index in [-0.39, 0.29) is 36.2 Å². The van der Waals surface area contributed by atoms with Crippen molar-refractivity contribution in [3.63, 3.8) is 0 Å². The number of rotatable bonds is 43. The van der Waals surface area contributed by atoms with E-state index < -0.39 is 24.0 Å². The SMILES string of the molecule is C[NH+](C)CCCCCCCCCCCCCCCCC(=O)NC(CSSCC(NC(=O)CCCCCCCCCCCCCCCC[NH+](C)C)C(=O)[O-])C(=O)[O-]. The molecule has 0 bridgehead atoms. The fourth-order valence-corrected chi connectivity index (χ4v) is 9.17. The van der Waals surface area contributed by atoms with Crippen molar-refractivity contribution in [3.8, 4) is 0 Å². The largest absolute Gasteiger partial charge is 0.548 e. The number of carboxylic acid groups (broad SMARTS) is 2. The van der Waals surface area contributed by atoms with Crippen LogP contribution in [0.15, 0.2) is 0 Å². The summed E-state index contributed by atoms with van der Waals surface area (Å²) in [6, 6.07) is -2.34. The zero-order valence-corrected chi connectivity index (χ0v) is 38.1. The highest BCUT2D eigenvalue weighted by atomic mass is 33.1. The highest BCUT2D eigenvalue weighted by Crippen LogP contribution is 2.23. The maximum atomic E-state index is 12.4. The Morgan fingerprint density at radius 1 is 0.393 bits per heavy atom. The normalized spacial score (nSPS) is 12.6. The van der Waals surface area contributed by atoms with Crippen LogP contribution in [0.5, 0.6) is 0 Å². The van der Waals surface area contributed by atoms with E-state index in [0.717, 1.165) is 73.0 Å². The van der Waals surface area contributed by atoms with E-state index >= 15 is 0 Å². The lowest BCUT2D eigenvalue weighted by atomic mass is 10.0. The van der Waals surface area contributed by atoms with Crippen LogP contribution in [-0.2, 0) is 19.2 Å². The molecular weight excluding hydrogens is 745 g/mol. The molecular formula is C44H86N4O6S2. The number of carbonyl (C=O) groups is 4. The van der Waals surface area contributed by atoms with Crippen LogP contribution in [-0.4, -0.2) is 88.6 Å². The predicted octanol–water partition coefficient (Wildman–Crippen LogP) is 4.83. The molecule has 2 amide bonds. The number of quaternary nitrogens is 2. The van der Waals surface area contributed by atoms with Gasteiger partial charge in [0, 0.05) is 24.3 Å². The lowest BCUT2D eigenvalue weighted by Crippen LogP contribution is -3.05. The van der Waals surface area contributed by atoms with E-state index in [1.54, 1.807) is 0 Å². The lowest BCUT2D eigenvalue weighted by Gasteiger charge is -2.21. The summed E-state index contributed by atoms with van der Waals surface area (Å²) in [4.78, 5) is 51.1. The Kier molecular flexibility index (Phi) is 39.2. The molecule has 0 saturated heterocycles. The molecule has 10 nitrogen and oxygen atoms in total. The topological polar surface area (TPSA) is 147 Å². The maximum absolute atomic E-state index is 12.4. The fourth-order valence-electron chi connectivity index (χ4n) is 6.87. The Bertz CT molecular complexity index is 884. The fraction of sp³-hybridized carbons (Fsp3) is 0.909. The third-order valence-electron chi connectivity index (χ3n) is 10.5. The summed E-state index contributed by atoms with van der Waals surface area (Å²) < 4.78 is 0. The van der Waals surface area contributed by atoms with Crippen molar-refractivity contribution in [1.29, 1.82) is 0 Å². The first kappa shape index (κ1) is 54.5. The molecule has 0 aromatic carbocycles. The second-order valence-corrected chi connectivity index (χ2v) is 19.3. The van der Waals surface area contributed by atoms with Gasteiger partial charge in [0.05, 0.1) is 65.3 Å². The summed E-state index contributed by atoms with van der Waals surface area (Å²) in [6.45, 7) is 2.55. The summed E-state index contributed by atoms with van der Waals surface area (Å²) >= 11 is 0. The maximum Gasteiger partial charge on any atom is 0.220 e. The van der Waals surface area contributed by atoms with E-state index in [0.29, 0.717) is 0 Å². The number of hydrogen-bond acceptors (Lipinski definition) is 8. The van der Waals surface area contributed by atoms with Crippen LogP contribution in [0.4, 0.5) is 0 Å². The molecule has 0 aliphatic rings. The van der Waals surface area contributed by atoms with Gasteiger partial charge in [-0.2, -0.15) is 0 Å². The zero-order valence-electron chi connectivity index (χ0n) is 36.5. The van der Waals surface area contributed by atoms with Gasteiger partial charge in [-0.15, -0.1) is 0 Å². The minimum atomic E-state index is -1.37. The summed E-state index contributed by atoms with van der Waals surface area (Å²) in [6.07, 6.45) is 34.8. The van der Waals surface area contributed by atoms with Crippen LogP contribution in [0, 0.1) is 0 Å². The van der Waals surface area contributed by atoms with Gasteiger partial charge < -0.3 is 40.2 Å². The number of carbonyl (C=O) groups excluding carboxylic acids is 4. The van der Waals surface area contributed by atoms with Crippen LogP contribution in [0.1, 0.15) is 193 Å². The number of hydrogen-bond donors (Lipinski definition) is 4. The summed E-state index contributed by atoms with van der Waals surface area (Å²) in [5.74, 6) is -3.31. The molecule has 2 atom stereocenters. The molecule has 0 fully saturated rings. The summed E-state index contributed by atoms with van der Waals surface area (Å²) in [5.41, 5.74) is 0. The quantitative estimate of drug-likeness (QED) is 0.0506. The van der Waals surface area contributed by atoms with Gasteiger partial charge in [-0.25, -0.2) is 0 Å². The predicted molar refractivity (Wildman–Crippen MR) is 233 cm³/mol. The van der Waals surface area contributed by atoms with Crippen molar-refractivity contribution in [1.82, 2.24) is 10.6 Å². The van der Waals surface area contributed by atoms with Crippen LogP contribution in [0.3, 0.4) is 0 Å². The van der Waals surface area contributed by atoms with E-state index in [9.17, 15) is 29.4 Å². The van der Waals surface area contributed by atoms with Gasteiger partial charge in [0.25, 0.3) is 0 Å². The standard InChI is InChI=1S/C44H86N4O6S2/c1-47(2)35-31-27-23-19-15-11-7-5-9-13-17-21-25-29-33-41(49)45-39(43(51)52)37-55-56-38-40(44(53)54)46-42(50)34-30-26-22-18-14-10-6-8-12-16-20-24-28-32-36-48(3)4/h39-40H,5-38H2,1-4H3,(H,45,49)(H,46,50)(H,51,52)(H,53,54). The molecule has 330 valence electrons. The van der Waals surface area contributed by atoms with Gasteiger partial charge in [0.1, 0.15) is 0 Å². The average Bonchev–Trinajstić information content (AvgIpc) is 3.14. The van der Waals surface area contributed by atoms with Crippen molar-refractivity contribution in [2.45, 2.75) is 205 Å². The molecule has 0 spiro atoms. The third kappa shape index (κ3) is 39.3. The van der Waals surface area contributed by atoms with Gasteiger partial charge in [-0.3, -0.25) is 9.59 Å². The first-order chi connectivity index (χ1) is 27.0. The number of carboxylic acids is 2. The number of aliphatic carboxylic acids is 2. The molecule has 12 heteroatoms. The molecule has 0 saturated carbocycles. The summed E-state index contributed by atoms with van der Waals surface area (Å²) in [5, 5.41) is 28.4. The Balaban J connectivity index is 3.84. The minimum Gasteiger partial charge on any atom is -0.548 e. The second kappa shape index (κ2) is 40.3. The molecule has 0 rings (SSSR count). The van der Waals surface area contributed by atoms with Crippen molar-refractivity contribution in [2.75, 3.05) is 52.8 Å². The third-order valence-corrected chi connectivity index (χ3v) is 12.9. The van der Waals surface area contributed by atoms with E-state index in [1.807, 2.05) is 0 Å². The Labute approximate surface area is 351 Å². The minimum absolute atomic E-state index is 0.0298. The Morgan fingerprint density at radius 2 is 0.607 bits per heavy atom. The van der Waals surface area contributed by atoms with Gasteiger partial charge in [-0.05, 0) is 38.5 Å². The monoisotopic (exact) mass is 831 g/mol. The van der Waals surface area contributed by atoms with Crippen LogP contribution < -0.4 is 30.6 Å². The molecule has 0 aromatic rings. The van der Waals surface area contributed by atoms with Gasteiger partial charge in [-0.1, -0.05) is 163 Å².